The van der Waals surface area contributed by atoms with Crippen molar-refractivity contribution in [1.29, 1.82) is 5.26 Å². The molecule has 4 nitrogen and oxygen atoms in total. The number of rotatable bonds is 1. The Labute approximate surface area is 77.6 Å². The number of nitriles is 1. The zero-order valence-electron chi connectivity index (χ0n) is 8.00. The lowest BCUT2D eigenvalue weighted by molar-refractivity contribution is 0.629. The van der Waals surface area contributed by atoms with E-state index < -0.39 is 0 Å². The number of nitrogens with one attached hydrogen (secondary N) is 1. The topological polar surface area (TPSA) is 61.6 Å². The number of hydrogen-bond donors (Lipinski definition) is 1. The molecule has 0 spiro atoms. The predicted octanol–water partition coefficient (Wildman–Crippen LogP) is 1.56. The molecule has 4 heteroatoms. The molecule has 1 heterocycles. The molecule has 0 atom stereocenters. The van der Waals surface area contributed by atoms with E-state index in [1.165, 1.54) is 12.5 Å². The molecule has 1 rings (SSSR count). The Balaban J connectivity index is 2.96. The number of aromatic nitrogens is 2. The fourth-order valence-corrected chi connectivity index (χ4v) is 0.866. The van der Waals surface area contributed by atoms with Crippen molar-refractivity contribution >= 4 is 5.82 Å². The lowest BCUT2D eigenvalue weighted by Gasteiger charge is -2.21. The van der Waals surface area contributed by atoms with Crippen LogP contribution in [0.1, 0.15) is 26.3 Å². The molecule has 0 radical (unpaired) electrons. The second-order valence-corrected chi connectivity index (χ2v) is 3.77. The quantitative estimate of drug-likeness (QED) is 0.705. The maximum Gasteiger partial charge on any atom is 0.147 e. The van der Waals surface area contributed by atoms with E-state index >= 15 is 0 Å². The summed E-state index contributed by atoms with van der Waals surface area (Å²) in [5.41, 5.74) is 0.373. The van der Waals surface area contributed by atoms with Crippen molar-refractivity contribution in [2.75, 3.05) is 5.32 Å². The van der Waals surface area contributed by atoms with E-state index in [9.17, 15) is 0 Å². The highest BCUT2D eigenvalue weighted by Crippen LogP contribution is 2.14. The van der Waals surface area contributed by atoms with Gasteiger partial charge >= 0.3 is 0 Å². The normalized spacial score (nSPS) is 10.6. The first kappa shape index (κ1) is 9.46. The standard InChI is InChI=1S/C9H12N4/c1-9(2,3)13-8-7(4-10)5-11-6-12-8/h5-6H,1-3H3,(H,11,12,13). The van der Waals surface area contributed by atoms with Crippen LogP contribution >= 0.6 is 0 Å². The smallest absolute Gasteiger partial charge is 0.147 e. The highest BCUT2D eigenvalue weighted by atomic mass is 15.1. The van der Waals surface area contributed by atoms with E-state index in [0.29, 0.717) is 11.4 Å². The predicted molar refractivity (Wildman–Crippen MR) is 50.1 cm³/mol. The first-order valence-corrected chi connectivity index (χ1v) is 4.01. The summed E-state index contributed by atoms with van der Waals surface area (Å²) in [5, 5.41) is 11.9. The summed E-state index contributed by atoms with van der Waals surface area (Å²) < 4.78 is 0. The second-order valence-electron chi connectivity index (χ2n) is 3.77. The van der Waals surface area contributed by atoms with Crippen LogP contribution < -0.4 is 5.32 Å². The number of nitrogens with zero attached hydrogens (tertiary/aromatic N) is 3. The van der Waals surface area contributed by atoms with E-state index in [1.807, 2.05) is 26.8 Å². The average Bonchev–Trinajstić information content (AvgIpc) is 2.02. The van der Waals surface area contributed by atoms with E-state index in [4.69, 9.17) is 5.26 Å². The zero-order chi connectivity index (χ0) is 9.90. The van der Waals surface area contributed by atoms with Gasteiger partial charge in [-0.05, 0) is 20.8 Å². The van der Waals surface area contributed by atoms with Crippen LogP contribution in [0.3, 0.4) is 0 Å². The molecule has 0 unspecified atom stereocenters. The summed E-state index contributed by atoms with van der Waals surface area (Å²) in [6.45, 7) is 6.03. The maximum atomic E-state index is 8.75. The summed E-state index contributed by atoms with van der Waals surface area (Å²) in [5.74, 6) is 0.588. The Morgan fingerprint density at radius 1 is 1.46 bits per heavy atom. The van der Waals surface area contributed by atoms with Crippen molar-refractivity contribution in [3.8, 4) is 6.07 Å². The maximum absolute atomic E-state index is 8.75. The van der Waals surface area contributed by atoms with Crippen molar-refractivity contribution in [2.24, 2.45) is 0 Å². The highest BCUT2D eigenvalue weighted by molar-refractivity contribution is 5.50. The Hall–Kier alpha value is -1.63. The van der Waals surface area contributed by atoms with Crippen LogP contribution in [-0.2, 0) is 0 Å². The van der Waals surface area contributed by atoms with Gasteiger partial charge in [-0.25, -0.2) is 9.97 Å². The molecule has 0 aromatic carbocycles. The van der Waals surface area contributed by atoms with Gasteiger partial charge in [0.15, 0.2) is 0 Å². The van der Waals surface area contributed by atoms with Gasteiger partial charge in [0.05, 0.1) is 6.20 Å². The fraction of sp³-hybridized carbons (Fsp3) is 0.444. The SMILES string of the molecule is CC(C)(C)Nc1ncncc1C#N. The van der Waals surface area contributed by atoms with Crippen molar-refractivity contribution in [2.45, 2.75) is 26.3 Å². The molecule has 0 aliphatic rings. The number of anilines is 1. The highest BCUT2D eigenvalue weighted by Gasteiger charge is 2.12. The molecule has 1 aromatic heterocycles. The van der Waals surface area contributed by atoms with Crippen molar-refractivity contribution in [3.05, 3.63) is 18.1 Å². The van der Waals surface area contributed by atoms with E-state index in [2.05, 4.69) is 15.3 Å². The third-order valence-electron chi connectivity index (χ3n) is 1.33. The van der Waals surface area contributed by atoms with Gasteiger partial charge in [-0.2, -0.15) is 5.26 Å². The Morgan fingerprint density at radius 3 is 2.69 bits per heavy atom. The van der Waals surface area contributed by atoms with Crippen molar-refractivity contribution in [1.82, 2.24) is 9.97 Å². The van der Waals surface area contributed by atoms with Gasteiger partial charge in [-0.15, -0.1) is 0 Å². The van der Waals surface area contributed by atoms with Gasteiger partial charge in [-0.3, -0.25) is 0 Å². The molecule has 0 fully saturated rings. The Morgan fingerprint density at radius 2 is 2.15 bits per heavy atom. The van der Waals surface area contributed by atoms with Crippen LogP contribution in [0.25, 0.3) is 0 Å². The molecule has 0 aliphatic carbocycles. The minimum Gasteiger partial charge on any atom is -0.364 e. The fourth-order valence-electron chi connectivity index (χ4n) is 0.866. The summed E-state index contributed by atoms with van der Waals surface area (Å²) in [4.78, 5) is 7.76. The summed E-state index contributed by atoms with van der Waals surface area (Å²) in [7, 11) is 0. The molecule has 0 amide bonds. The van der Waals surface area contributed by atoms with Gasteiger partial charge in [0.2, 0.25) is 0 Å². The van der Waals surface area contributed by atoms with Crippen LogP contribution in [0.4, 0.5) is 5.82 Å². The third-order valence-corrected chi connectivity index (χ3v) is 1.33. The Kier molecular flexibility index (Phi) is 2.47. The lowest BCUT2D eigenvalue weighted by atomic mass is 10.1. The second kappa shape index (κ2) is 3.40. The van der Waals surface area contributed by atoms with Crippen molar-refractivity contribution < 1.29 is 0 Å². The van der Waals surface area contributed by atoms with E-state index in [0.717, 1.165) is 0 Å². The summed E-state index contributed by atoms with van der Waals surface area (Å²) in [6.07, 6.45) is 2.93. The van der Waals surface area contributed by atoms with Gasteiger partial charge in [0.25, 0.3) is 0 Å². The van der Waals surface area contributed by atoms with Crippen LogP contribution in [-0.4, -0.2) is 15.5 Å². The molecule has 1 N–H and O–H groups in total. The minimum atomic E-state index is -0.0973. The van der Waals surface area contributed by atoms with Gasteiger partial charge in [0, 0.05) is 5.54 Å². The summed E-state index contributed by atoms with van der Waals surface area (Å²) in [6, 6.07) is 2.03. The molecular formula is C9H12N4. The van der Waals surface area contributed by atoms with Crippen LogP contribution in [0.5, 0.6) is 0 Å². The third kappa shape index (κ3) is 2.71. The van der Waals surface area contributed by atoms with Gasteiger partial charge in [0.1, 0.15) is 23.8 Å². The molecule has 0 aliphatic heterocycles. The van der Waals surface area contributed by atoms with Crippen LogP contribution in [0.2, 0.25) is 0 Å². The Bertz CT molecular complexity index is 332. The monoisotopic (exact) mass is 176 g/mol. The number of hydrogen-bond acceptors (Lipinski definition) is 4. The molecular weight excluding hydrogens is 164 g/mol. The van der Waals surface area contributed by atoms with Gasteiger partial charge < -0.3 is 5.32 Å². The summed E-state index contributed by atoms with van der Waals surface area (Å²) >= 11 is 0. The van der Waals surface area contributed by atoms with Crippen molar-refractivity contribution in [3.63, 3.8) is 0 Å². The van der Waals surface area contributed by atoms with Crippen LogP contribution in [0.15, 0.2) is 12.5 Å². The largest absolute Gasteiger partial charge is 0.364 e. The molecule has 13 heavy (non-hydrogen) atoms. The zero-order valence-corrected chi connectivity index (χ0v) is 8.00. The average molecular weight is 176 g/mol. The molecule has 68 valence electrons. The lowest BCUT2D eigenvalue weighted by Crippen LogP contribution is -2.27. The first-order chi connectivity index (χ1) is 6.03. The van der Waals surface area contributed by atoms with Crippen LogP contribution in [0, 0.1) is 11.3 Å². The van der Waals surface area contributed by atoms with E-state index in [-0.39, 0.29) is 5.54 Å². The molecule has 0 saturated heterocycles. The molecule has 1 aromatic rings. The van der Waals surface area contributed by atoms with E-state index in [1.54, 1.807) is 0 Å². The molecule has 0 bridgehead atoms. The first-order valence-electron chi connectivity index (χ1n) is 4.01. The molecule has 0 saturated carbocycles. The minimum absolute atomic E-state index is 0.0973. The van der Waals surface area contributed by atoms with Gasteiger partial charge in [-0.1, -0.05) is 0 Å².